The fourth-order valence-electron chi connectivity index (χ4n) is 1.92. The smallest absolute Gasteiger partial charge is 0.377 e. The van der Waals surface area contributed by atoms with Gasteiger partial charge in [-0.3, -0.25) is 0 Å². The van der Waals surface area contributed by atoms with E-state index in [0.717, 1.165) is 16.6 Å². The molecule has 0 fully saturated rings. The lowest BCUT2D eigenvalue weighted by Gasteiger charge is -2.17. The molecule has 23 heavy (non-hydrogen) atoms. The molecule has 0 aliphatic rings. The van der Waals surface area contributed by atoms with Crippen molar-refractivity contribution in [2.45, 2.75) is 25.9 Å². The van der Waals surface area contributed by atoms with Gasteiger partial charge in [-0.15, -0.1) is 5.10 Å². The van der Waals surface area contributed by atoms with Crippen LogP contribution in [0.25, 0.3) is 0 Å². The van der Waals surface area contributed by atoms with Crippen LogP contribution in [0.3, 0.4) is 0 Å². The molecule has 0 spiro atoms. The monoisotopic (exact) mass is 338 g/mol. The van der Waals surface area contributed by atoms with Crippen LogP contribution in [0.15, 0.2) is 35.7 Å². The van der Waals surface area contributed by atoms with E-state index in [1.165, 1.54) is 11.0 Å². The summed E-state index contributed by atoms with van der Waals surface area (Å²) in [5.74, 6) is 0.163. The summed E-state index contributed by atoms with van der Waals surface area (Å²) in [6.45, 7) is 6.41. The van der Waals surface area contributed by atoms with E-state index in [4.69, 9.17) is 4.18 Å². The Morgan fingerprint density at radius 1 is 1.30 bits per heavy atom. The Morgan fingerprint density at radius 2 is 2.00 bits per heavy atom. The molecular formula is C14H18N4O4S. The zero-order valence-corrected chi connectivity index (χ0v) is 13.9. The quantitative estimate of drug-likeness (QED) is 0.770. The zero-order chi connectivity index (χ0) is 17.0. The summed E-state index contributed by atoms with van der Waals surface area (Å²) in [5.41, 5.74) is 0.855. The summed E-state index contributed by atoms with van der Waals surface area (Å²) < 4.78 is 30.2. The van der Waals surface area contributed by atoms with Gasteiger partial charge in [-0.05, 0) is 38.5 Å². The lowest BCUT2D eigenvalue weighted by atomic mass is 10.2. The van der Waals surface area contributed by atoms with Crippen molar-refractivity contribution in [1.29, 1.82) is 0 Å². The van der Waals surface area contributed by atoms with E-state index in [-0.39, 0.29) is 5.75 Å². The van der Waals surface area contributed by atoms with E-state index in [2.05, 4.69) is 10.1 Å². The van der Waals surface area contributed by atoms with Crippen molar-refractivity contribution in [2.24, 2.45) is 0 Å². The second-order valence-electron chi connectivity index (χ2n) is 4.78. The van der Waals surface area contributed by atoms with Crippen molar-refractivity contribution in [2.75, 3.05) is 13.1 Å². The highest BCUT2D eigenvalue weighted by Crippen LogP contribution is 2.17. The molecule has 0 bridgehead atoms. The molecule has 2 aromatic rings. The molecule has 0 atom stereocenters. The molecule has 0 N–H and O–H groups in total. The van der Waals surface area contributed by atoms with Crippen molar-refractivity contribution in [3.8, 4) is 5.75 Å². The summed E-state index contributed by atoms with van der Waals surface area (Å²) >= 11 is 0. The first-order valence-corrected chi connectivity index (χ1v) is 8.50. The highest BCUT2D eigenvalue weighted by molar-refractivity contribution is 7.86. The molecule has 0 radical (unpaired) electrons. The van der Waals surface area contributed by atoms with Crippen LogP contribution in [0.5, 0.6) is 5.75 Å². The summed E-state index contributed by atoms with van der Waals surface area (Å²) in [5, 5.41) is 3.16. The molecule has 8 nitrogen and oxygen atoms in total. The topological polar surface area (TPSA) is 94.4 Å². The number of nitrogens with zero attached hydrogens (tertiary/aromatic N) is 4. The highest BCUT2D eigenvalue weighted by atomic mass is 32.2. The van der Waals surface area contributed by atoms with Crippen LogP contribution >= 0.6 is 0 Å². The number of aryl methyl sites for hydroxylation is 1. The van der Waals surface area contributed by atoms with Gasteiger partial charge in [0.1, 0.15) is 12.1 Å². The Morgan fingerprint density at radius 3 is 2.61 bits per heavy atom. The van der Waals surface area contributed by atoms with Crippen molar-refractivity contribution >= 4 is 16.1 Å². The maximum atomic E-state index is 12.2. The Hall–Kier alpha value is -2.42. The van der Waals surface area contributed by atoms with Crippen molar-refractivity contribution in [3.63, 3.8) is 0 Å². The SMILES string of the molecule is CCN(CC)C(=O)n1cnc(S(=O)(=O)Oc2cccc(C)c2)n1. The number of carbonyl (C=O) groups excluding carboxylic acids is 1. The molecule has 0 aliphatic carbocycles. The van der Waals surface area contributed by atoms with E-state index in [1.54, 1.807) is 12.1 Å². The second-order valence-corrected chi connectivity index (χ2v) is 6.22. The average molecular weight is 338 g/mol. The van der Waals surface area contributed by atoms with E-state index >= 15 is 0 Å². The van der Waals surface area contributed by atoms with E-state index < -0.39 is 21.3 Å². The molecule has 0 aliphatic heterocycles. The van der Waals surface area contributed by atoms with Crippen LogP contribution in [0.1, 0.15) is 19.4 Å². The van der Waals surface area contributed by atoms with Crippen molar-refractivity contribution in [1.82, 2.24) is 19.7 Å². The van der Waals surface area contributed by atoms with Gasteiger partial charge in [0, 0.05) is 13.1 Å². The number of rotatable bonds is 5. The third-order valence-electron chi connectivity index (χ3n) is 3.12. The first-order chi connectivity index (χ1) is 10.9. The fraction of sp³-hybridized carbons (Fsp3) is 0.357. The molecule has 1 heterocycles. The van der Waals surface area contributed by atoms with Crippen LogP contribution in [-0.4, -0.2) is 47.2 Å². The van der Waals surface area contributed by atoms with Crippen LogP contribution in [0.2, 0.25) is 0 Å². The maximum absolute atomic E-state index is 12.2. The average Bonchev–Trinajstić information content (AvgIpc) is 2.98. The lowest BCUT2D eigenvalue weighted by molar-refractivity contribution is 0.201. The Labute approximate surface area is 134 Å². The minimum absolute atomic E-state index is 0.163. The normalized spacial score (nSPS) is 11.3. The summed E-state index contributed by atoms with van der Waals surface area (Å²) in [4.78, 5) is 17.3. The molecule has 2 rings (SSSR count). The number of amides is 1. The van der Waals surface area contributed by atoms with Crippen LogP contribution in [0.4, 0.5) is 4.79 Å². The number of aromatic nitrogens is 3. The molecule has 124 valence electrons. The number of carbonyl (C=O) groups is 1. The number of benzene rings is 1. The Balaban J connectivity index is 2.23. The fourth-order valence-corrected chi connectivity index (χ4v) is 2.72. The van der Waals surface area contributed by atoms with Crippen LogP contribution in [0, 0.1) is 6.92 Å². The van der Waals surface area contributed by atoms with E-state index in [0.29, 0.717) is 13.1 Å². The molecular weight excluding hydrogens is 320 g/mol. The molecule has 0 saturated heterocycles. The Kier molecular flexibility index (Phi) is 4.99. The van der Waals surface area contributed by atoms with Gasteiger partial charge < -0.3 is 9.08 Å². The second kappa shape index (κ2) is 6.78. The first-order valence-electron chi connectivity index (χ1n) is 7.09. The van der Waals surface area contributed by atoms with E-state index in [9.17, 15) is 13.2 Å². The molecule has 1 aromatic carbocycles. The highest BCUT2D eigenvalue weighted by Gasteiger charge is 2.24. The van der Waals surface area contributed by atoms with Crippen molar-refractivity contribution < 1.29 is 17.4 Å². The maximum Gasteiger partial charge on any atom is 0.377 e. The molecule has 0 saturated carbocycles. The molecule has 0 unspecified atom stereocenters. The third-order valence-corrected chi connectivity index (χ3v) is 4.17. The minimum Gasteiger partial charge on any atom is -0.377 e. The predicted molar refractivity (Wildman–Crippen MR) is 82.7 cm³/mol. The third kappa shape index (κ3) is 3.86. The van der Waals surface area contributed by atoms with Gasteiger partial charge in [0.05, 0.1) is 0 Å². The number of hydrogen-bond acceptors (Lipinski definition) is 6. The molecule has 9 heteroatoms. The Bertz CT molecular complexity index is 797. The van der Waals surface area contributed by atoms with Crippen LogP contribution < -0.4 is 4.18 Å². The first kappa shape index (κ1) is 16.9. The van der Waals surface area contributed by atoms with E-state index in [1.807, 2.05) is 26.8 Å². The summed E-state index contributed by atoms with van der Waals surface area (Å²) in [7, 11) is -4.20. The molecule has 1 amide bonds. The van der Waals surface area contributed by atoms with Gasteiger partial charge in [0.25, 0.3) is 0 Å². The summed E-state index contributed by atoms with van der Waals surface area (Å²) in [6.07, 6.45) is 1.06. The standard InChI is InChI=1S/C14H18N4O4S/c1-4-17(5-2)14(19)18-10-15-13(16-18)23(20,21)22-12-8-6-7-11(3)9-12/h6-10H,4-5H2,1-3H3. The van der Waals surface area contributed by atoms with Gasteiger partial charge in [-0.1, -0.05) is 12.1 Å². The van der Waals surface area contributed by atoms with Gasteiger partial charge in [-0.25, -0.2) is 9.78 Å². The van der Waals surface area contributed by atoms with Crippen LogP contribution in [-0.2, 0) is 10.1 Å². The zero-order valence-electron chi connectivity index (χ0n) is 13.1. The van der Waals surface area contributed by atoms with Gasteiger partial charge >= 0.3 is 21.3 Å². The van der Waals surface area contributed by atoms with Crippen molar-refractivity contribution in [3.05, 3.63) is 36.2 Å². The minimum atomic E-state index is -4.20. The number of hydrogen-bond donors (Lipinski definition) is 0. The van der Waals surface area contributed by atoms with Gasteiger partial charge in [0.2, 0.25) is 0 Å². The largest absolute Gasteiger partial charge is 0.377 e. The van der Waals surface area contributed by atoms with Gasteiger partial charge in [0.15, 0.2) is 0 Å². The molecule has 1 aromatic heterocycles. The lowest BCUT2D eigenvalue weighted by Crippen LogP contribution is -2.34. The predicted octanol–water partition coefficient (Wildman–Crippen LogP) is 1.66. The van der Waals surface area contributed by atoms with Gasteiger partial charge in [-0.2, -0.15) is 13.1 Å². The summed E-state index contributed by atoms with van der Waals surface area (Å²) in [6, 6.07) is 6.14.